The molecule has 0 radical (unpaired) electrons. The number of aryl methyl sites for hydroxylation is 1. The molecule has 1 aliphatic rings. The number of methoxy groups -OCH3 is 1. The number of hydrogen-bond donors (Lipinski definition) is 1. The van der Waals surface area contributed by atoms with Gasteiger partial charge in [0.15, 0.2) is 0 Å². The second-order valence-corrected chi connectivity index (χ2v) is 10.6. The smallest absolute Gasteiger partial charge is 0.361 e. The quantitative estimate of drug-likeness (QED) is 0.384. The van der Waals surface area contributed by atoms with Crippen LogP contribution in [0.25, 0.3) is 11.1 Å². The summed E-state index contributed by atoms with van der Waals surface area (Å²) in [6, 6.07) is 25.8. The van der Waals surface area contributed by atoms with Crippen molar-refractivity contribution in [3.8, 4) is 11.1 Å². The van der Waals surface area contributed by atoms with E-state index in [4.69, 9.17) is 9.26 Å². The third-order valence-electron chi connectivity index (χ3n) is 7.22. The highest BCUT2D eigenvalue weighted by Crippen LogP contribution is 2.51. The first kappa shape index (κ1) is 24.8. The van der Waals surface area contributed by atoms with E-state index in [1.165, 1.54) is 11.8 Å². The lowest BCUT2D eigenvalue weighted by atomic mass is 9.79. The third kappa shape index (κ3) is 4.02. The monoisotopic (exact) mass is 496 g/mol. The van der Waals surface area contributed by atoms with Crippen LogP contribution in [0.3, 0.4) is 0 Å². The highest BCUT2D eigenvalue weighted by atomic mass is 16.5. The van der Waals surface area contributed by atoms with Crippen LogP contribution in [0, 0.1) is 0 Å². The van der Waals surface area contributed by atoms with E-state index >= 15 is 0 Å². The van der Waals surface area contributed by atoms with Gasteiger partial charge in [-0.3, -0.25) is 10.1 Å². The molecule has 0 unspecified atom stereocenters. The van der Waals surface area contributed by atoms with Crippen molar-refractivity contribution >= 4 is 5.97 Å². The molecule has 1 aromatic heterocycles. The van der Waals surface area contributed by atoms with Crippen molar-refractivity contribution < 1.29 is 14.1 Å². The zero-order valence-electron chi connectivity index (χ0n) is 21.9. The predicted octanol–water partition coefficient (Wildman–Crippen LogP) is 4.92. The SMILES string of the molecule is COC(=O)[C@H](Cc1c(C(C)(C)C)n(C)oc1=O)NC1(c2ccccc2)c2ccccc2-c2ccccc21. The van der Waals surface area contributed by atoms with Gasteiger partial charge in [-0.2, -0.15) is 0 Å². The summed E-state index contributed by atoms with van der Waals surface area (Å²) in [6.07, 6.45) is 0.126. The molecule has 0 aliphatic heterocycles. The van der Waals surface area contributed by atoms with Crippen molar-refractivity contribution in [2.75, 3.05) is 7.11 Å². The van der Waals surface area contributed by atoms with Crippen molar-refractivity contribution in [2.24, 2.45) is 7.05 Å². The zero-order chi connectivity index (χ0) is 26.4. The molecule has 0 saturated carbocycles. The number of carbonyl (C=O) groups is 1. The van der Waals surface area contributed by atoms with Crippen LogP contribution in [-0.2, 0) is 34.0 Å². The fraction of sp³-hybridized carbons (Fsp3) is 0.290. The summed E-state index contributed by atoms with van der Waals surface area (Å²) >= 11 is 0. The molecule has 0 spiro atoms. The van der Waals surface area contributed by atoms with Gasteiger partial charge >= 0.3 is 11.6 Å². The number of rotatable bonds is 6. The van der Waals surface area contributed by atoms with Gasteiger partial charge < -0.3 is 9.26 Å². The van der Waals surface area contributed by atoms with Crippen LogP contribution in [0.1, 0.15) is 48.7 Å². The summed E-state index contributed by atoms with van der Waals surface area (Å²) in [7, 11) is 3.10. The van der Waals surface area contributed by atoms with Gasteiger partial charge in [0.05, 0.1) is 23.9 Å². The van der Waals surface area contributed by atoms with E-state index in [1.807, 2.05) is 63.2 Å². The Balaban J connectivity index is 1.72. The lowest BCUT2D eigenvalue weighted by Gasteiger charge is -2.37. The van der Waals surface area contributed by atoms with Gasteiger partial charge in [-0.05, 0) is 27.8 Å². The van der Waals surface area contributed by atoms with Crippen LogP contribution in [0.4, 0.5) is 0 Å². The second-order valence-electron chi connectivity index (χ2n) is 10.6. The highest BCUT2D eigenvalue weighted by molar-refractivity contribution is 5.84. The molecule has 0 amide bonds. The molecule has 1 heterocycles. The number of esters is 1. The number of nitrogens with one attached hydrogen (secondary N) is 1. The number of ether oxygens (including phenoxy) is 1. The first-order chi connectivity index (χ1) is 17.7. The molecule has 6 heteroatoms. The van der Waals surface area contributed by atoms with Gasteiger partial charge in [0.1, 0.15) is 6.04 Å². The van der Waals surface area contributed by atoms with Crippen molar-refractivity contribution in [2.45, 2.75) is 44.2 Å². The molecule has 6 nitrogen and oxygen atoms in total. The Morgan fingerprint density at radius 3 is 2.03 bits per heavy atom. The highest BCUT2D eigenvalue weighted by Gasteiger charge is 2.47. The van der Waals surface area contributed by atoms with Gasteiger partial charge in [-0.1, -0.05) is 99.6 Å². The average molecular weight is 497 g/mol. The summed E-state index contributed by atoms with van der Waals surface area (Å²) in [5.74, 6) is -0.444. The first-order valence-electron chi connectivity index (χ1n) is 12.5. The van der Waals surface area contributed by atoms with E-state index in [-0.39, 0.29) is 11.8 Å². The van der Waals surface area contributed by atoms with Crippen molar-refractivity contribution in [3.63, 3.8) is 0 Å². The number of hydrogen-bond acceptors (Lipinski definition) is 5. The summed E-state index contributed by atoms with van der Waals surface area (Å²) in [5.41, 5.74) is 4.90. The van der Waals surface area contributed by atoms with Crippen LogP contribution >= 0.6 is 0 Å². The second kappa shape index (κ2) is 9.20. The molecule has 3 aromatic carbocycles. The molecule has 37 heavy (non-hydrogen) atoms. The van der Waals surface area contributed by atoms with Crippen LogP contribution in [0.2, 0.25) is 0 Å². The van der Waals surface area contributed by atoms with Gasteiger partial charge in [0, 0.05) is 18.9 Å². The van der Waals surface area contributed by atoms with E-state index in [9.17, 15) is 9.59 Å². The van der Waals surface area contributed by atoms with Crippen LogP contribution in [-0.4, -0.2) is 23.9 Å². The minimum absolute atomic E-state index is 0.126. The van der Waals surface area contributed by atoms with E-state index in [0.717, 1.165) is 33.5 Å². The summed E-state index contributed by atoms with van der Waals surface area (Å²) in [5, 5.41) is 3.71. The maximum Gasteiger partial charge on any atom is 0.361 e. The standard InChI is InChI=1S/C31H32N2O4/c1-30(2,3)27-23(28(34)37-33(27)4)19-26(29(35)36-5)32-31(20-13-7-6-8-14-20)24-17-11-9-15-21(24)22-16-10-12-18-25(22)31/h6-18,26,32H,19H2,1-5H3/t26-/m0/s1. The first-order valence-corrected chi connectivity index (χ1v) is 12.5. The summed E-state index contributed by atoms with van der Waals surface area (Å²) < 4.78 is 12.3. The Morgan fingerprint density at radius 2 is 1.49 bits per heavy atom. The topological polar surface area (TPSA) is 73.5 Å². The Morgan fingerprint density at radius 1 is 0.946 bits per heavy atom. The molecule has 0 fully saturated rings. The molecule has 0 bridgehead atoms. The van der Waals surface area contributed by atoms with E-state index in [2.05, 4.69) is 41.7 Å². The Kier molecular flexibility index (Phi) is 6.16. The largest absolute Gasteiger partial charge is 0.468 e. The fourth-order valence-corrected chi connectivity index (χ4v) is 5.89. The average Bonchev–Trinajstić information content (AvgIpc) is 3.34. The molecule has 1 atom stereocenters. The zero-order valence-corrected chi connectivity index (χ0v) is 21.9. The van der Waals surface area contributed by atoms with E-state index in [1.54, 1.807) is 7.05 Å². The number of nitrogens with zero attached hydrogens (tertiary/aromatic N) is 1. The molecule has 1 N–H and O–H groups in total. The number of benzene rings is 3. The Labute approximate surface area is 216 Å². The Hall–Kier alpha value is -3.90. The molecule has 1 aliphatic carbocycles. The van der Waals surface area contributed by atoms with Crippen molar-refractivity contribution in [3.05, 3.63) is 117 Å². The molecule has 5 rings (SSSR count). The van der Waals surface area contributed by atoms with Crippen molar-refractivity contribution in [1.82, 2.24) is 10.1 Å². The van der Waals surface area contributed by atoms with E-state index < -0.39 is 23.2 Å². The normalized spacial score (nSPS) is 14.6. The van der Waals surface area contributed by atoms with Gasteiger partial charge in [-0.15, -0.1) is 0 Å². The van der Waals surface area contributed by atoms with Crippen molar-refractivity contribution in [1.29, 1.82) is 0 Å². The number of aromatic nitrogens is 1. The van der Waals surface area contributed by atoms with Crippen LogP contribution in [0.15, 0.2) is 88.2 Å². The lowest BCUT2D eigenvalue weighted by molar-refractivity contribution is -0.143. The lowest BCUT2D eigenvalue weighted by Crippen LogP contribution is -2.53. The number of fused-ring (bicyclic) bond motifs is 3. The Bertz CT molecular complexity index is 1460. The molecular formula is C31H32N2O4. The van der Waals surface area contributed by atoms with Crippen LogP contribution in [0.5, 0.6) is 0 Å². The minimum atomic E-state index is -0.829. The summed E-state index contributed by atoms with van der Waals surface area (Å²) in [4.78, 5) is 26.3. The summed E-state index contributed by atoms with van der Waals surface area (Å²) in [6.45, 7) is 6.07. The van der Waals surface area contributed by atoms with Gasteiger partial charge in [0.2, 0.25) is 0 Å². The van der Waals surface area contributed by atoms with Crippen LogP contribution < -0.4 is 10.9 Å². The van der Waals surface area contributed by atoms with Gasteiger partial charge in [0.25, 0.3) is 0 Å². The maximum absolute atomic E-state index is 13.4. The number of carbonyl (C=O) groups excluding carboxylic acids is 1. The van der Waals surface area contributed by atoms with Gasteiger partial charge in [-0.25, -0.2) is 9.53 Å². The molecule has 190 valence electrons. The fourth-order valence-electron chi connectivity index (χ4n) is 5.89. The maximum atomic E-state index is 13.4. The van der Waals surface area contributed by atoms with E-state index in [0.29, 0.717) is 5.56 Å². The molecule has 4 aromatic rings. The minimum Gasteiger partial charge on any atom is -0.468 e. The third-order valence-corrected chi connectivity index (χ3v) is 7.22. The molecule has 0 saturated heterocycles. The predicted molar refractivity (Wildman–Crippen MR) is 143 cm³/mol. The molecular weight excluding hydrogens is 464 g/mol.